The Bertz CT molecular complexity index is 445. The fourth-order valence-corrected chi connectivity index (χ4v) is 1.35. The van der Waals surface area contributed by atoms with Crippen LogP contribution in [-0.2, 0) is 11.3 Å². The second-order valence-electron chi connectivity index (χ2n) is 3.59. The molecule has 0 saturated carbocycles. The molecule has 1 rings (SSSR count). The predicted octanol–water partition coefficient (Wildman–Crippen LogP) is -0.758. The number of rotatable bonds is 5. The van der Waals surface area contributed by atoms with Crippen LogP contribution in [0.25, 0.3) is 0 Å². The van der Waals surface area contributed by atoms with Gasteiger partial charge in [-0.1, -0.05) is 0 Å². The maximum absolute atomic E-state index is 11.4. The number of aromatic nitrogens is 2. The van der Waals surface area contributed by atoms with Crippen LogP contribution in [0.15, 0.2) is 15.8 Å². The molecule has 1 aromatic rings. The average molecular weight is 228 g/mol. The van der Waals surface area contributed by atoms with Crippen molar-refractivity contribution in [1.82, 2.24) is 9.55 Å². The van der Waals surface area contributed by atoms with Gasteiger partial charge in [-0.15, -0.1) is 0 Å². The number of aromatic amines is 1. The monoisotopic (exact) mass is 228 g/mol. The van der Waals surface area contributed by atoms with E-state index >= 15 is 0 Å². The molecule has 16 heavy (non-hydrogen) atoms. The number of H-pyrrole nitrogens is 1. The van der Waals surface area contributed by atoms with Crippen LogP contribution in [0.1, 0.15) is 12.0 Å². The molecule has 0 spiro atoms. The van der Waals surface area contributed by atoms with Crippen LogP contribution in [0.2, 0.25) is 0 Å². The largest absolute Gasteiger partial charge is 0.394 e. The Labute approximate surface area is 92.5 Å². The molecule has 0 aliphatic rings. The van der Waals surface area contributed by atoms with Gasteiger partial charge in [-0.3, -0.25) is 9.78 Å². The lowest BCUT2D eigenvalue weighted by Crippen LogP contribution is -2.32. The molecule has 6 heteroatoms. The molecule has 0 amide bonds. The molecule has 90 valence electrons. The minimum Gasteiger partial charge on any atom is -0.394 e. The van der Waals surface area contributed by atoms with Gasteiger partial charge in [-0.25, -0.2) is 4.79 Å². The summed E-state index contributed by atoms with van der Waals surface area (Å²) in [6.07, 6.45) is 1.73. The zero-order chi connectivity index (χ0) is 12.1. The Balaban J connectivity index is 2.78. The van der Waals surface area contributed by atoms with Gasteiger partial charge in [0.15, 0.2) is 0 Å². The van der Waals surface area contributed by atoms with Crippen LogP contribution in [0.4, 0.5) is 0 Å². The molecule has 0 fully saturated rings. The Morgan fingerprint density at radius 2 is 2.25 bits per heavy atom. The van der Waals surface area contributed by atoms with Gasteiger partial charge >= 0.3 is 5.69 Å². The van der Waals surface area contributed by atoms with Gasteiger partial charge in [0.1, 0.15) is 0 Å². The first-order valence-electron chi connectivity index (χ1n) is 5.02. The van der Waals surface area contributed by atoms with Crippen LogP contribution in [0.3, 0.4) is 0 Å². The predicted molar refractivity (Wildman–Crippen MR) is 58.6 cm³/mol. The van der Waals surface area contributed by atoms with Gasteiger partial charge in [0.05, 0.1) is 12.7 Å². The van der Waals surface area contributed by atoms with E-state index < -0.39 is 5.69 Å². The number of nitrogens with zero attached hydrogens (tertiary/aromatic N) is 1. The standard InChI is InChI=1S/C10H16N2O4/c1-7-5-12(10(15)11-9(7)14)4-3-8(6-13)16-2/h5,8,13H,3-4,6H2,1-2H3,(H,11,14,15). The van der Waals surface area contributed by atoms with Gasteiger partial charge < -0.3 is 14.4 Å². The summed E-state index contributed by atoms with van der Waals surface area (Å²) < 4.78 is 6.38. The number of hydrogen-bond donors (Lipinski definition) is 2. The fourth-order valence-electron chi connectivity index (χ4n) is 1.35. The summed E-state index contributed by atoms with van der Waals surface area (Å²) in [5.41, 5.74) is -0.326. The van der Waals surface area contributed by atoms with Crippen molar-refractivity contribution in [3.63, 3.8) is 0 Å². The maximum Gasteiger partial charge on any atom is 0.328 e. The molecule has 1 atom stereocenters. The summed E-state index contributed by atoms with van der Waals surface area (Å²) in [7, 11) is 1.50. The zero-order valence-electron chi connectivity index (χ0n) is 9.40. The molecule has 0 aromatic carbocycles. The van der Waals surface area contributed by atoms with Gasteiger partial charge in [0.25, 0.3) is 5.56 Å². The third kappa shape index (κ3) is 3.04. The van der Waals surface area contributed by atoms with E-state index in [4.69, 9.17) is 9.84 Å². The lowest BCUT2D eigenvalue weighted by molar-refractivity contribution is 0.0401. The minimum absolute atomic E-state index is 0.0897. The molecule has 0 radical (unpaired) electrons. The number of methoxy groups -OCH3 is 1. The average Bonchev–Trinajstić information content (AvgIpc) is 2.26. The normalized spacial score (nSPS) is 12.7. The molecule has 0 aliphatic heterocycles. The number of aliphatic hydroxyl groups excluding tert-OH is 1. The Morgan fingerprint density at radius 1 is 1.56 bits per heavy atom. The Hall–Kier alpha value is -1.40. The topological polar surface area (TPSA) is 84.3 Å². The molecule has 6 nitrogen and oxygen atoms in total. The molecule has 0 aliphatic carbocycles. The first-order valence-corrected chi connectivity index (χ1v) is 5.02. The maximum atomic E-state index is 11.4. The summed E-state index contributed by atoms with van der Waals surface area (Å²) in [4.78, 5) is 24.7. The van der Waals surface area contributed by atoms with Gasteiger partial charge in [0.2, 0.25) is 0 Å². The molecule has 1 unspecified atom stereocenters. The number of hydrogen-bond acceptors (Lipinski definition) is 4. The smallest absolute Gasteiger partial charge is 0.328 e. The molecule has 0 saturated heterocycles. The van der Waals surface area contributed by atoms with Gasteiger partial charge in [-0.2, -0.15) is 0 Å². The third-order valence-corrected chi connectivity index (χ3v) is 2.42. The Kier molecular flexibility index (Phi) is 4.45. The summed E-state index contributed by atoms with van der Waals surface area (Å²) >= 11 is 0. The highest BCUT2D eigenvalue weighted by atomic mass is 16.5. The highest BCUT2D eigenvalue weighted by Crippen LogP contribution is 1.98. The van der Waals surface area contributed by atoms with Crippen molar-refractivity contribution >= 4 is 0 Å². The second-order valence-corrected chi connectivity index (χ2v) is 3.59. The van der Waals surface area contributed by atoms with E-state index in [0.29, 0.717) is 18.5 Å². The minimum atomic E-state index is -0.441. The number of nitrogens with one attached hydrogen (secondary N) is 1. The second kappa shape index (κ2) is 5.62. The number of aryl methyl sites for hydroxylation is 2. The molecule has 1 aromatic heterocycles. The van der Waals surface area contributed by atoms with E-state index in [9.17, 15) is 9.59 Å². The Morgan fingerprint density at radius 3 is 2.81 bits per heavy atom. The van der Waals surface area contributed by atoms with Gasteiger partial charge in [-0.05, 0) is 13.3 Å². The molecular formula is C10H16N2O4. The van der Waals surface area contributed by atoms with E-state index in [1.807, 2.05) is 0 Å². The van der Waals surface area contributed by atoms with Crippen molar-refractivity contribution < 1.29 is 9.84 Å². The summed E-state index contributed by atoms with van der Waals surface area (Å²) in [5, 5.41) is 8.90. The van der Waals surface area contributed by atoms with Crippen LogP contribution >= 0.6 is 0 Å². The van der Waals surface area contributed by atoms with E-state index in [-0.39, 0.29) is 18.3 Å². The quantitative estimate of drug-likeness (QED) is 0.694. The van der Waals surface area contributed by atoms with E-state index in [1.54, 1.807) is 6.92 Å². The van der Waals surface area contributed by atoms with Crippen LogP contribution in [0.5, 0.6) is 0 Å². The zero-order valence-corrected chi connectivity index (χ0v) is 9.40. The number of aliphatic hydroxyl groups is 1. The lowest BCUT2D eigenvalue weighted by Gasteiger charge is -2.12. The number of ether oxygens (including phenoxy) is 1. The lowest BCUT2D eigenvalue weighted by atomic mass is 10.2. The summed E-state index contributed by atoms with van der Waals surface area (Å²) in [5.74, 6) is 0. The van der Waals surface area contributed by atoms with Gasteiger partial charge in [0, 0.05) is 25.4 Å². The first kappa shape index (κ1) is 12.7. The van der Waals surface area contributed by atoms with Crippen LogP contribution in [-0.4, -0.2) is 34.5 Å². The summed E-state index contributed by atoms with van der Waals surface area (Å²) in [6.45, 7) is 1.94. The van der Waals surface area contributed by atoms with Crippen molar-refractivity contribution in [2.45, 2.75) is 26.0 Å². The fraction of sp³-hybridized carbons (Fsp3) is 0.600. The van der Waals surface area contributed by atoms with Crippen molar-refractivity contribution in [3.8, 4) is 0 Å². The van der Waals surface area contributed by atoms with E-state index in [2.05, 4.69) is 4.98 Å². The van der Waals surface area contributed by atoms with Crippen molar-refractivity contribution in [1.29, 1.82) is 0 Å². The van der Waals surface area contributed by atoms with Crippen LogP contribution in [0, 0.1) is 6.92 Å². The van der Waals surface area contributed by atoms with E-state index in [0.717, 1.165) is 0 Å². The highest BCUT2D eigenvalue weighted by molar-refractivity contribution is 5.00. The van der Waals surface area contributed by atoms with Crippen LogP contribution < -0.4 is 11.2 Å². The van der Waals surface area contributed by atoms with Crippen molar-refractivity contribution in [2.75, 3.05) is 13.7 Å². The first-order chi connectivity index (χ1) is 7.58. The molecule has 2 N–H and O–H groups in total. The third-order valence-electron chi connectivity index (χ3n) is 2.42. The highest BCUT2D eigenvalue weighted by Gasteiger charge is 2.07. The molecular weight excluding hydrogens is 212 g/mol. The SMILES string of the molecule is COC(CO)CCn1cc(C)c(=O)[nH]c1=O. The van der Waals surface area contributed by atoms with Crippen molar-refractivity contribution in [3.05, 3.63) is 32.6 Å². The molecule has 0 bridgehead atoms. The van der Waals surface area contributed by atoms with Crippen molar-refractivity contribution in [2.24, 2.45) is 0 Å². The van der Waals surface area contributed by atoms with E-state index in [1.165, 1.54) is 17.9 Å². The summed E-state index contributed by atoms with van der Waals surface area (Å²) in [6, 6.07) is 0. The molecule has 1 heterocycles.